The van der Waals surface area contributed by atoms with E-state index < -0.39 is 0 Å². The number of rotatable bonds is 4. The Morgan fingerprint density at radius 1 is 0.434 bits per heavy atom. The molecule has 53 heavy (non-hydrogen) atoms. The van der Waals surface area contributed by atoms with E-state index in [4.69, 9.17) is 0 Å². The molecule has 0 radical (unpaired) electrons. The Morgan fingerprint density at radius 2 is 1.08 bits per heavy atom. The highest BCUT2D eigenvalue weighted by Gasteiger charge is 2.90. The van der Waals surface area contributed by atoms with E-state index in [-0.39, 0.29) is 10.8 Å². The number of fused-ring (bicyclic) bond motifs is 11. The topological polar surface area (TPSA) is 3.24 Å². The maximum absolute atomic E-state index is 2.61. The monoisotopic (exact) mass is 679 g/mol. The van der Waals surface area contributed by atoms with Crippen LogP contribution in [-0.2, 0) is 10.8 Å². The SMILES string of the molecule is CC1(C)c2ccccc2-c2ccc(N(c3ccc4c(c3)-c3ccc(-c5ccccc5)cc3C43C4CC5CC6CC3C564)c3ccc4ccccc4c3)cc21. The molecule has 4 unspecified atom stereocenters. The molecule has 4 saturated carbocycles. The number of benzene rings is 7. The lowest BCUT2D eigenvalue weighted by Gasteiger charge is -2.92. The summed E-state index contributed by atoms with van der Waals surface area (Å²) in [6.07, 6.45) is 4.33. The van der Waals surface area contributed by atoms with Crippen LogP contribution in [0, 0.1) is 29.1 Å². The molecule has 4 atom stereocenters. The number of nitrogens with zero attached hydrogens (tertiary/aromatic N) is 1. The van der Waals surface area contributed by atoms with Crippen molar-refractivity contribution in [2.75, 3.05) is 4.90 Å². The molecule has 6 aliphatic carbocycles. The molecule has 0 saturated heterocycles. The van der Waals surface area contributed by atoms with Gasteiger partial charge in [0.2, 0.25) is 0 Å². The molecular formula is C52H41N. The Morgan fingerprint density at radius 3 is 1.91 bits per heavy atom. The third-order valence-corrected chi connectivity index (χ3v) is 15.7. The molecule has 1 nitrogen and oxygen atoms in total. The van der Waals surface area contributed by atoms with Gasteiger partial charge in [-0.2, -0.15) is 0 Å². The Kier molecular flexibility index (Phi) is 5.26. The second-order valence-corrected chi connectivity index (χ2v) is 17.7. The summed E-state index contributed by atoms with van der Waals surface area (Å²) in [7, 11) is 0. The van der Waals surface area contributed by atoms with E-state index in [2.05, 4.69) is 170 Å². The summed E-state index contributed by atoms with van der Waals surface area (Å²) in [6, 6.07) is 58.1. The van der Waals surface area contributed by atoms with Crippen molar-refractivity contribution in [3.05, 3.63) is 174 Å². The van der Waals surface area contributed by atoms with Gasteiger partial charge in [-0.25, -0.2) is 0 Å². The third kappa shape index (κ3) is 3.26. The minimum Gasteiger partial charge on any atom is -0.310 e. The van der Waals surface area contributed by atoms with Crippen molar-refractivity contribution in [3.63, 3.8) is 0 Å². The van der Waals surface area contributed by atoms with Crippen molar-refractivity contribution in [2.45, 2.75) is 43.9 Å². The van der Waals surface area contributed by atoms with E-state index >= 15 is 0 Å². The van der Waals surface area contributed by atoms with E-state index in [1.165, 1.54) is 91.6 Å². The summed E-state index contributed by atoms with van der Waals surface area (Å²) in [5, 5.41) is 2.54. The van der Waals surface area contributed by atoms with E-state index in [9.17, 15) is 0 Å². The molecule has 0 amide bonds. The average Bonchev–Trinajstić information content (AvgIpc) is 3.59. The number of hydrogen-bond acceptors (Lipinski definition) is 1. The van der Waals surface area contributed by atoms with Crippen LogP contribution < -0.4 is 4.90 Å². The Hall–Kier alpha value is -5.40. The third-order valence-electron chi connectivity index (χ3n) is 15.7. The van der Waals surface area contributed by atoms with Crippen LogP contribution in [0.1, 0.15) is 55.4 Å². The number of anilines is 3. The second kappa shape index (κ2) is 9.57. The van der Waals surface area contributed by atoms with Crippen LogP contribution in [0.3, 0.4) is 0 Å². The molecule has 0 heterocycles. The first-order chi connectivity index (χ1) is 26.0. The highest BCUT2D eigenvalue weighted by atomic mass is 15.1. The van der Waals surface area contributed by atoms with Crippen LogP contribution in [0.2, 0.25) is 0 Å². The lowest BCUT2D eigenvalue weighted by atomic mass is 9.11. The molecule has 0 bridgehead atoms. The van der Waals surface area contributed by atoms with Gasteiger partial charge in [0.15, 0.2) is 0 Å². The maximum atomic E-state index is 2.61. The fourth-order valence-corrected chi connectivity index (χ4v) is 13.5. The van der Waals surface area contributed by atoms with Gasteiger partial charge in [-0.3, -0.25) is 0 Å². The van der Waals surface area contributed by atoms with Crippen LogP contribution in [0.15, 0.2) is 152 Å². The Labute approximate surface area is 312 Å². The van der Waals surface area contributed by atoms with Gasteiger partial charge in [0, 0.05) is 27.9 Å². The first kappa shape index (κ1) is 29.1. The Bertz CT molecular complexity index is 2710. The minimum absolute atomic E-state index is 0.0698. The predicted molar refractivity (Wildman–Crippen MR) is 218 cm³/mol. The molecule has 6 aliphatic rings. The van der Waals surface area contributed by atoms with Gasteiger partial charge in [0.25, 0.3) is 0 Å². The highest BCUT2D eigenvalue weighted by molar-refractivity contribution is 5.93. The van der Waals surface area contributed by atoms with Gasteiger partial charge < -0.3 is 4.90 Å². The molecule has 13 rings (SSSR count). The molecule has 7 aromatic carbocycles. The summed E-state index contributed by atoms with van der Waals surface area (Å²) in [5.41, 5.74) is 18.8. The molecule has 0 aromatic heterocycles. The number of hydrogen-bond donors (Lipinski definition) is 0. The quantitative estimate of drug-likeness (QED) is 0.179. The lowest BCUT2D eigenvalue weighted by Crippen LogP contribution is -2.88. The highest BCUT2D eigenvalue weighted by Crippen LogP contribution is 2.94. The zero-order chi connectivity index (χ0) is 34.8. The Balaban J connectivity index is 1.01. The van der Waals surface area contributed by atoms with E-state index in [0.717, 1.165) is 23.7 Å². The fourth-order valence-electron chi connectivity index (χ4n) is 13.5. The van der Waals surface area contributed by atoms with Gasteiger partial charge >= 0.3 is 0 Å². The van der Waals surface area contributed by atoms with Gasteiger partial charge in [-0.15, -0.1) is 0 Å². The summed E-state index contributed by atoms with van der Waals surface area (Å²) in [6.45, 7) is 4.78. The first-order valence-corrected chi connectivity index (χ1v) is 19.9. The molecule has 0 aliphatic heterocycles. The van der Waals surface area contributed by atoms with Gasteiger partial charge in [-0.1, -0.05) is 123 Å². The van der Waals surface area contributed by atoms with Crippen LogP contribution in [-0.4, -0.2) is 0 Å². The molecule has 0 N–H and O–H groups in total. The fraction of sp³-hybridized carbons (Fsp3) is 0.231. The normalized spacial score (nSPS) is 27.9. The molecule has 7 aromatic rings. The van der Waals surface area contributed by atoms with Crippen molar-refractivity contribution in [3.8, 4) is 33.4 Å². The van der Waals surface area contributed by atoms with Crippen LogP contribution in [0.4, 0.5) is 17.1 Å². The lowest BCUT2D eigenvalue weighted by molar-refractivity contribution is -0.412. The standard InChI is InChI=1S/C52H41N/c1-50(2)44-15-9-8-14-40(44)41-22-19-39(30-46(41)50)53(37-18-16-32-12-6-7-13-33(32)24-37)38-20-23-45-43(29-38)42-21-17-34(31-10-4-3-5-11-31)25-47(42)52(45)48-27-35-26-36-28-49(52)51(35,36)48/h3-25,29-30,35-36,48-49H,26-28H2,1-2H3. The van der Waals surface area contributed by atoms with E-state index in [1.54, 1.807) is 11.1 Å². The van der Waals surface area contributed by atoms with Crippen LogP contribution in [0.5, 0.6) is 0 Å². The first-order valence-electron chi connectivity index (χ1n) is 19.9. The van der Waals surface area contributed by atoms with Crippen molar-refractivity contribution in [2.24, 2.45) is 29.1 Å². The smallest absolute Gasteiger partial charge is 0.0468 e. The van der Waals surface area contributed by atoms with Crippen molar-refractivity contribution >= 4 is 27.8 Å². The molecule has 254 valence electrons. The summed E-state index contributed by atoms with van der Waals surface area (Å²) >= 11 is 0. The maximum Gasteiger partial charge on any atom is 0.0468 e. The van der Waals surface area contributed by atoms with Crippen LogP contribution >= 0.6 is 0 Å². The molecular weight excluding hydrogens is 639 g/mol. The van der Waals surface area contributed by atoms with Gasteiger partial charge in [-0.05, 0) is 157 Å². The molecule has 4 fully saturated rings. The minimum atomic E-state index is -0.0698. The average molecular weight is 680 g/mol. The van der Waals surface area contributed by atoms with Gasteiger partial charge in [0.1, 0.15) is 0 Å². The van der Waals surface area contributed by atoms with E-state index in [1.807, 2.05) is 0 Å². The van der Waals surface area contributed by atoms with Crippen LogP contribution in [0.25, 0.3) is 44.2 Å². The molecule has 1 heteroatoms. The largest absolute Gasteiger partial charge is 0.310 e. The predicted octanol–water partition coefficient (Wildman–Crippen LogP) is 13.2. The zero-order valence-corrected chi connectivity index (χ0v) is 30.3. The summed E-state index contributed by atoms with van der Waals surface area (Å²) in [4.78, 5) is 2.53. The zero-order valence-electron chi connectivity index (χ0n) is 30.3. The van der Waals surface area contributed by atoms with Crippen molar-refractivity contribution < 1.29 is 0 Å². The van der Waals surface area contributed by atoms with E-state index in [0.29, 0.717) is 5.41 Å². The second-order valence-electron chi connectivity index (χ2n) is 17.7. The van der Waals surface area contributed by atoms with Crippen molar-refractivity contribution in [1.82, 2.24) is 0 Å². The summed E-state index contributed by atoms with van der Waals surface area (Å²) in [5.74, 6) is 3.58. The van der Waals surface area contributed by atoms with Crippen molar-refractivity contribution in [1.29, 1.82) is 0 Å². The summed E-state index contributed by atoms with van der Waals surface area (Å²) < 4.78 is 0. The molecule has 2 spiro atoms. The van der Waals surface area contributed by atoms with Gasteiger partial charge in [0.05, 0.1) is 0 Å².